The van der Waals surface area contributed by atoms with Crippen LogP contribution in [0.3, 0.4) is 0 Å². The summed E-state index contributed by atoms with van der Waals surface area (Å²) in [5, 5.41) is 6.26. The molecule has 3 rings (SSSR count). The number of aryl methyl sites for hydroxylation is 1. The minimum Gasteiger partial charge on any atom is -0.337 e. The highest BCUT2D eigenvalue weighted by Gasteiger charge is 2.19. The Hall–Kier alpha value is -1.55. The molecule has 0 saturated carbocycles. The Bertz CT molecular complexity index is 739. The van der Waals surface area contributed by atoms with Gasteiger partial charge in [-0.1, -0.05) is 36.4 Å². The Morgan fingerprint density at radius 1 is 1.04 bits per heavy atom. The fourth-order valence-corrected chi connectivity index (χ4v) is 2.76. The summed E-state index contributed by atoms with van der Waals surface area (Å²) in [5.41, 5.74) is 1.30. The summed E-state index contributed by atoms with van der Waals surface area (Å²) in [4.78, 5) is 4.07. The average Bonchev–Trinajstić information content (AvgIpc) is 3.04. The van der Waals surface area contributed by atoms with Crippen molar-refractivity contribution < 1.29 is 0 Å². The van der Waals surface area contributed by atoms with Gasteiger partial charge in [-0.05, 0) is 49.2 Å². The third-order valence-electron chi connectivity index (χ3n) is 4.19. The SMILES string of the molecule is CC(C)(NCCCn1ccnc1)c1ccc2ccccc2c1.Cl.Cl. The first kappa shape index (κ1) is 20.5. The summed E-state index contributed by atoms with van der Waals surface area (Å²) in [6.45, 7) is 6.47. The molecule has 24 heavy (non-hydrogen) atoms. The van der Waals surface area contributed by atoms with E-state index >= 15 is 0 Å². The van der Waals surface area contributed by atoms with E-state index in [9.17, 15) is 0 Å². The lowest BCUT2D eigenvalue weighted by Gasteiger charge is -2.27. The number of nitrogens with zero attached hydrogens (tertiary/aromatic N) is 2. The minimum atomic E-state index is -0.0288. The van der Waals surface area contributed by atoms with Gasteiger partial charge in [0.25, 0.3) is 0 Å². The van der Waals surface area contributed by atoms with Gasteiger partial charge in [-0.15, -0.1) is 24.8 Å². The van der Waals surface area contributed by atoms with E-state index in [1.807, 2.05) is 18.7 Å². The summed E-state index contributed by atoms with van der Waals surface area (Å²) < 4.78 is 2.12. The number of rotatable bonds is 6. The maximum absolute atomic E-state index is 4.07. The van der Waals surface area contributed by atoms with E-state index in [-0.39, 0.29) is 30.4 Å². The van der Waals surface area contributed by atoms with Crippen LogP contribution in [0.15, 0.2) is 61.2 Å². The summed E-state index contributed by atoms with van der Waals surface area (Å²) in [7, 11) is 0. The van der Waals surface area contributed by atoms with Crippen LogP contribution in [0.4, 0.5) is 0 Å². The van der Waals surface area contributed by atoms with Gasteiger partial charge < -0.3 is 9.88 Å². The average molecular weight is 366 g/mol. The van der Waals surface area contributed by atoms with Crippen LogP contribution in [0.2, 0.25) is 0 Å². The summed E-state index contributed by atoms with van der Waals surface area (Å²) in [6, 6.07) is 15.2. The van der Waals surface area contributed by atoms with Crippen molar-refractivity contribution in [2.75, 3.05) is 6.54 Å². The van der Waals surface area contributed by atoms with Crippen molar-refractivity contribution in [2.45, 2.75) is 32.4 Å². The molecule has 0 aliphatic heterocycles. The van der Waals surface area contributed by atoms with Crippen LogP contribution in [0.5, 0.6) is 0 Å². The molecule has 0 atom stereocenters. The van der Waals surface area contributed by atoms with Gasteiger partial charge in [0.2, 0.25) is 0 Å². The molecule has 0 saturated heterocycles. The second kappa shape index (κ2) is 9.07. The maximum atomic E-state index is 4.07. The lowest BCUT2D eigenvalue weighted by Crippen LogP contribution is -2.37. The Balaban J connectivity index is 0.00000144. The number of fused-ring (bicyclic) bond motifs is 1. The van der Waals surface area contributed by atoms with E-state index in [0.29, 0.717) is 0 Å². The highest BCUT2D eigenvalue weighted by molar-refractivity contribution is 5.85. The van der Waals surface area contributed by atoms with Crippen LogP contribution in [0.1, 0.15) is 25.8 Å². The number of aromatic nitrogens is 2. The van der Waals surface area contributed by atoms with Crippen LogP contribution >= 0.6 is 24.8 Å². The second-order valence-corrected chi connectivity index (χ2v) is 6.27. The number of imidazole rings is 1. The summed E-state index contributed by atoms with van der Waals surface area (Å²) >= 11 is 0. The number of benzene rings is 2. The Kier molecular flexibility index (Phi) is 7.74. The fraction of sp³-hybridized carbons (Fsp3) is 0.316. The molecule has 0 spiro atoms. The molecular formula is C19H25Cl2N3. The van der Waals surface area contributed by atoms with Crippen molar-refractivity contribution in [1.29, 1.82) is 0 Å². The van der Waals surface area contributed by atoms with E-state index in [0.717, 1.165) is 19.5 Å². The molecule has 0 unspecified atom stereocenters. The van der Waals surface area contributed by atoms with Crippen molar-refractivity contribution in [3.8, 4) is 0 Å². The number of nitrogens with one attached hydrogen (secondary N) is 1. The molecule has 0 aliphatic carbocycles. The van der Waals surface area contributed by atoms with Crippen LogP contribution in [-0.4, -0.2) is 16.1 Å². The van der Waals surface area contributed by atoms with Crippen molar-refractivity contribution in [2.24, 2.45) is 0 Å². The molecule has 0 radical (unpaired) electrons. The first-order valence-electron chi connectivity index (χ1n) is 7.85. The van der Waals surface area contributed by atoms with Crippen molar-refractivity contribution >= 4 is 35.6 Å². The van der Waals surface area contributed by atoms with E-state index < -0.39 is 0 Å². The van der Waals surface area contributed by atoms with E-state index in [4.69, 9.17) is 0 Å². The van der Waals surface area contributed by atoms with Gasteiger partial charge in [0.05, 0.1) is 6.33 Å². The number of hydrogen-bond acceptors (Lipinski definition) is 2. The predicted octanol–water partition coefficient (Wildman–Crippen LogP) is 4.79. The molecule has 5 heteroatoms. The van der Waals surface area contributed by atoms with Crippen molar-refractivity contribution in [3.63, 3.8) is 0 Å². The zero-order valence-electron chi connectivity index (χ0n) is 14.1. The minimum absolute atomic E-state index is 0. The van der Waals surface area contributed by atoms with E-state index in [2.05, 4.69) is 71.2 Å². The van der Waals surface area contributed by atoms with Gasteiger partial charge in [-0.3, -0.25) is 0 Å². The van der Waals surface area contributed by atoms with Gasteiger partial charge in [-0.25, -0.2) is 4.98 Å². The lowest BCUT2D eigenvalue weighted by molar-refractivity contribution is 0.393. The molecule has 0 bridgehead atoms. The highest BCUT2D eigenvalue weighted by atomic mass is 35.5. The largest absolute Gasteiger partial charge is 0.337 e. The molecule has 1 N–H and O–H groups in total. The topological polar surface area (TPSA) is 29.9 Å². The molecule has 1 aromatic heterocycles. The molecule has 0 aliphatic rings. The number of halogens is 2. The summed E-state index contributed by atoms with van der Waals surface area (Å²) in [5.74, 6) is 0. The first-order valence-corrected chi connectivity index (χ1v) is 7.85. The number of hydrogen-bond donors (Lipinski definition) is 1. The van der Waals surface area contributed by atoms with Crippen LogP contribution in [0.25, 0.3) is 10.8 Å². The molecule has 3 nitrogen and oxygen atoms in total. The third-order valence-corrected chi connectivity index (χ3v) is 4.19. The molecule has 1 heterocycles. The second-order valence-electron chi connectivity index (χ2n) is 6.27. The van der Waals surface area contributed by atoms with Crippen molar-refractivity contribution in [3.05, 3.63) is 66.7 Å². The van der Waals surface area contributed by atoms with Gasteiger partial charge in [0.1, 0.15) is 0 Å². The van der Waals surface area contributed by atoms with Gasteiger partial charge >= 0.3 is 0 Å². The molecule has 2 aromatic carbocycles. The normalized spacial score (nSPS) is 10.9. The standard InChI is InChI=1S/C19H23N3.2ClH/c1-19(2,21-10-5-12-22-13-11-20-15-22)18-9-8-16-6-3-4-7-17(16)14-18;;/h3-4,6-9,11,13-15,21H,5,10,12H2,1-2H3;2*1H. The highest BCUT2D eigenvalue weighted by Crippen LogP contribution is 2.24. The van der Waals surface area contributed by atoms with Crippen LogP contribution in [0, 0.1) is 0 Å². The maximum Gasteiger partial charge on any atom is 0.0945 e. The first-order chi connectivity index (χ1) is 10.6. The zero-order valence-corrected chi connectivity index (χ0v) is 15.7. The van der Waals surface area contributed by atoms with Gasteiger partial charge in [0, 0.05) is 24.5 Å². The molecule has 3 aromatic rings. The molecule has 130 valence electrons. The van der Waals surface area contributed by atoms with Gasteiger partial charge in [-0.2, -0.15) is 0 Å². The van der Waals surface area contributed by atoms with Crippen molar-refractivity contribution in [1.82, 2.24) is 14.9 Å². The molecule has 0 amide bonds. The lowest BCUT2D eigenvalue weighted by atomic mass is 9.92. The van der Waals surface area contributed by atoms with E-state index in [1.165, 1.54) is 16.3 Å². The Morgan fingerprint density at radius 2 is 1.79 bits per heavy atom. The molecule has 0 fully saturated rings. The summed E-state index contributed by atoms with van der Waals surface area (Å²) in [6.07, 6.45) is 6.79. The predicted molar refractivity (Wildman–Crippen MR) is 106 cm³/mol. The van der Waals surface area contributed by atoms with Gasteiger partial charge in [0.15, 0.2) is 0 Å². The van der Waals surface area contributed by atoms with E-state index in [1.54, 1.807) is 0 Å². The Labute approximate surface area is 156 Å². The molecular weight excluding hydrogens is 341 g/mol. The quantitative estimate of drug-likeness (QED) is 0.636. The van der Waals surface area contributed by atoms with Crippen LogP contribution < -0.4 is 5.32 Å². The third kappa shape index (κ3) is 4.97. The fourth-order valence-electron chi connectivity index (χ4n) is 2.76. The van der Waals surface area contributed by atoms with Crippen LogP contribution in [-0.2, 0) is 12.1 Å². The Morgan fingerprint density at radius 3 is 2.50 bits per heavy atom. The monoisotopic (exact) mass is 365 g/mol. The smallest absolute Gasteiger partial charge is 0.0945 e. The zero-order chi connectivity index (χ0) is 15.4.